The summed E-state index contributed by atoms with van der Waals surface area (Å²) in [5, 5.41) is 122. The molecule has 768 valence electrons. The Morgan fingerprint density at radius 3 is 1.06 bits per heavy atom. The van der Waals surface area contributed by atoms with E-state index in [9.17, 15) is 103 Å². The number of nitrogens with zero attached hydrogens (tertiary/aromatic N) is 1. The van der Waals surface area contributed by atoms with Gasteiger partial charge in [-0.15, -0.1) is 0 Å². The number of amides is 12. The molecule has 4 aliphatic rings. The van der Waals surface area contributed by atoms with E-state index >= 15 is 0 Å². The van der Waals surface area contributed by atoms with Crippen LogP contribution in [0, 0.1) is 0 Å². The Morgan fingerprint density at radius 2 is 0.729 bits per heavy atom. The quantitative estimate of drug-likeness (QED) is 0.0218. The van der Waals surface area contributed by atoms with E-state index in [1.54, 1.807) is 29.9 Å². The maximum atomic E-state index is 14.3. The average molecular weight is 1950 g/mol. The second-order valence-electron chi connectivity index (χ2n) is 34.5. The Morgan fingerprint density at radius 1 is 0.391 bits per heavy atom. The summed E-state index contributed by atoms with van der Waals surface area (Å²) in [4.78, 5) is 155. The standard InChI is InChI=1S/C87H156N12O32S2/c1-57(103)95-71-77(115)74(112)62(53-100)129-80(71)123-44-21-27-65(106)88-37-14-8-11-17-40-92-83(118)126-47-24-33-87(98-69(110)32-50-132-133-86(4,5)36-31-68(109)91-43-20-30-70(111)99-52-61(122-7)51-60(99)56-121-6,34-25-48-127-84(119)93-41-18-12-9-15-38-89-66(107)28-22-45-124-81-72(96-58(2)104)78(116)75(113)63(54-101)130-81)35-26-49-128-85(120)94-42-19-13-10-16-39-90-67(108)29-23-46-125-82-73(97-59(3)105)79(117)76(114)64(55-102)131-82/h60-64,71-82,100-102,112-117H,8-56H2,1-7H3,(H,88,106)(H,89,107)(H,90,108)(H,91,109)(H,92,118)(H,93,119)(H,94,120)(H,95,103)(H,96,104)(H,97,105)(H,98,110)/t60-,61+,62?,63?,64?,71?,72?,73?,74?,75?,76?,77?,78?,79?,80?,81?,82?,87?/m1/s1. The van der Waals surface area contributed by atoms with E-state index in [1.807, 2.05) is 13.8 Å². The van der Waals surface area contributed by atoms with E-state index in [0.717, 1.165) is 38.5 Å². The molecule has 4 fully saturated rings. The topological polar surface area (TPSA) is 624 Å². The maximum absolute atomic E-state index is 14.3. The summed E-state index contributed by atoms with van der Waals surface area (Å²) in [6, 6.07) is -3.37. The number of ether oxygens (including phenoxy) is 11. The minimum Gasteiger partial charge on any atom is -0.450 e. The first-order valence-electron chi connectivity index (χ1n) is 46.9. The van der Waals surface area contributed by atoms with Gasteiger partial charge in [-0.2, -0.15) is 0 Å². The van der Waals surface area contributed by atoms with Gasteiger partial charge in [-0.1, -0.05) is 60.1 Å². The fraction of sp³-hybridized carbons (Fsp3) is 0.862. The third-order valence-corrected chi connectivity index (χ3v) is 26.1. The normalized spacial score (nSPS) is 23.9. The van der Waals surface area contributed by atoms with Gasteiger partial charge in [0.15, 0.2) is 18.9 Å². The Balaban J connectivity index is 1.31. The Labute approximate surface area is 788 Å². The Hall–Kier alpha value is -6.94. The van der Waals surface area contributed by atoms with Crippen molar-refractivity contribution in [3.05, 3.63) is 0 Å². The molecule has 0 aliphatic carbocycles. The molecule has 133 heavy (non-hydrogen) atoms. The van der Waals surface area contributed by atoms with Crippen molar-refractivity contribution >= 4 is 93.0 Å². The lowest BCUT2D eigenvalue weighted by Gasteiger charge is -2.42. The molecule has 0 saturated carbocycles. The summed E-state index contributed by atoms with van der Waals surface area (Å²) < 4.78 is 61.2. The largest absolute Gasteiger partial charge is 0.450 e. The van der Waals surface area contributed by atoms with Gasteiger partial charge in [0.2, 0.25) is 53.2 Å². The van der Waals surface area contributed by atoms with Crippen molar-refractivity contribution in [1.82, 2.24) is 63.4 Å². The number of hydrogen-bond acceptors (Lipinski definition) is 34. The van der Waals surface area contributed by atoms with Crippen molar-refractivity contribution in [3.8, 4) is 0 Å². The predicted molar refractivity (Wildman–Crippen MR) is 486 cm³/mol. The fourth-order valence-corrected chi connectivity index (χ4v) is 18.0. The van der Waals surface area contributed by atoms with Gasteiger partial charge < -0.3 is 161 Å². The molecule has 0 aromatic heterocycles. The number of methoxy groups -OCH3 is 2. The van der Waals surface area contributed by atoms with Gasteiger partial charge in [0.1, 0.15) is 73.1 Å². The number of unbranched alkanes of at least 4 members (excludes halogenated alkanes) is 9. The van der Waals surface area contributed by atoms with Crippen molar-refractivity contribution in [2.24, 2.45) is 0 Å². The van der Waals surface area contributed by atoms with Gasteiger partial charge in [-0.05, 0) is 129 Å². The van der Waals surface area contributed by atoms with E-state index in [1.165, 1.54) is 31.6 Å². The smallest absolute Gasteiger partial charge is 0.407 e. The number of carbonyl (C=O) groups excluding carboxylic acids is 12. The molecule has 4 heterocycles. The summed E-state index contributed by atoms with van der Waals surface area (Å²) in [5.74, 6) is -2.20. The molecule has 0 bridgehead atoms. The molecule has 4 rings (SSSR count). The van der Waals surface area contributed by atoms with Crippen LogP contribution in [-0.2, 0) is 95.3 Å². The molecule has 4 aliphatic heterocycles. The van der Waals surface area contributed by atoms with Crippen LogP contribution in [0.5, 0.6) is 0 Å². The lowest BCUT2D eigenvalue weighted by atomic mass is 9.83. The molecule has 44 nitrogen and oxygen atoms in total. The highest BCUT2D eigenvalue weighted by molar-refractivity contribution is 8.77. The molecule has 4 saturated heterocycles. The second kappa shape index (κ2) is 68.1. The zero-order chi connectivity index (χ0) is 97.9. The van der Waals surface area contributed by atoms with E-state index in [2.05, 4.69) is 58.5 Å². The number of likely N-dealkylation sites (tertiary alicyclic amines) is 1. The molecule has 0 aromatic carbocycles. The van der Waals surface area contributed by atoms with Crippen molar-refractivity contribution in [1.29, 1.82) is 0 Å². The Kier molecular flexibility index (Phi) is 60.7. The van der Waals surface area contributed by atoms with E-state index < -0.39 is 153 Å². The van der Waals surface area contributed by atoms with Gasteiger partial charge in [0, 0.05) is 142 Å². The molecule has 20 N–H and O–H groups in total. The van der Waals surface area contributed by atoms with Crippen LogP contribution in [0.4, 0.5) is 14.4 Å². The minimum atomic E-state index is -1.46. The molecule has 0 radical (unpaired) electrons. The molecular formula is C87H156N12O32S2. The van der Waals surface area contributed by atoms with Crippen molar-refractivity contribution in [2.45, 2.75) is 342 Å². The first-order chi connectivity index (χ1) is 63.7. The van der Waals surface area contributed by atoms with E-state index in [-0.39, 0.29) is 188 Å². The van der Waals surface area contributed by atoms with Crippen LogP contribution in [0.3, 0.4) is 0 Å². The summed E-state index contributed by atoms with van der Waals surface area (Å²) in [6.45, 7) is 9.25. The first kappa shape index (κ1) is 118. The van der Waals surface area contributed by atoms with Crippen LogP contribution in [0.1, 0.15) is 227 Å². The molecule has 0 spiro atoms. The summed E-state index contributed by atoms with van der Waals surface area (Å²) in [7, 11) is 6.26. The van der Waals surface area contributed by atoms with Crippen LogP contribution < -0.4 is 58.5 Å². The van der Waals surface area contributed by atoms with Crippen molar-refractivity contribution < 1.29 is 156 Å². The lowest BCUT2D eigenvalue weighted by molar-refractivity contribution is -0.270. The van der Waals surface area contributed by atoms with Crippen LogP contribution in [-0.4, -0.2) is 375 Å². The highest BCUT2D eigenvalue weighted by Gasteiger charge is 2.49. The maximum Gasteiger partial charge on any atom is 0.407 e. The van der Waals surface area contributed by atoms with E-state index in [0.29, 0.717) is 123 Å². The lowest BCUT2D eigenvalue weighted by Crippen LogP contribution is -2.64. The van der Waals surface area contributed by atoms with Crippen LogP contribution in [0.15, 0.2) is 0 Å². The van der Waals surface area contributed by atoms with Gasteiger partial charge >= 0.3 is 18.3 Å². The first-order valence-corrected chi connectivity index (χ1v) is 49.3. The van der Waals surface area contributed by atoms with Gasteiger partial charge in [0.25, 0.3) is 0 Å². The number of aliphatic hydroxyl groups is 9. The third-order valence-electron chi connectivity index (χ3n) is 22.8. The zero-order valence-electron chi connectivity index (χ0n) is 78.6. The molecule has 15 unspecified atom stereocenters. The second-order valence-corrected chi connectivity index (χ2v) is 37.6. The summed E-state index contributed by atoms with van der Waals surface area (Å²) >= 11 is 0. The molecule has 46 heteroatoms. The molecular weight excluding hydrogens is 1790 g/mol. The number of nitrogens with one attached hydrogen (secondary N) is 11. The monoisotopic (exact) mass is 1950 g/mol. The highest BCUT2D eigenvalue weighted by atomic mass is 33.1. The predicted octanol–water partition coefficient (Wildman–Crippen LogP) is 0.101. The van der Waals surface area contributed by atoms with Gasteiger partial charge in [-0.3, -0.25) is 43.2 Å². The minimum absolute atomic E-state index is 0.0165. The summed E-state index contributed by atoms with van der Waals surface area (Å²) in [5.41, 5.74) is -0.997. The average Bonchev–Trinajstić information content (AvgIpc) is 1.65. The third kappa shape index (κ3) is 49.3. The SMILES string of the molecule is COC[C@H]1C[C@H](OC)CN1C(=O)CCCNC(=O)CCC(C)(C)SSCCC(=O)NC(CCCOC(=O)NCCCCCCNC(=O)CCCOC1OC(CO)C(O)C(O)C1NC(C)=O)(CCCOC(=O)NCCCCCCNC(=O)CCCOC1OC(CO)C(O)C(O)C1NC(C)=O)CCCOC(=O)NCCCCCCNC(=O)CCCOC1OC(CO)C(O)C(O)C1NC(C)=O. The molecule has 12 amide bonds. The molecule has 17 atom stereocenters. The van der Waals surface area contributed by atoms with Gasteiger partial charge in [0.05, 0.1) is 78.2 Å². The zero-order valence-corrected chi connectivity index (χ0v) is 80.3. The number of rotatable bonds is 70. The van der Waals surface area contributed by atoms with Crippen LogP contribution >= 0.6 is 21.6 Å². The number of aliphatic hydroxyl groups excluding tert-OH is 9. The number of alkyl carbamates (subject to hydrolysis) is 3. The van der Waals surface area contributed by atoms with Crippen LogP contribution in [0.25, 0.3) is 0 Å². The van der Waals surface area contributed by atoms with Crippen molar-refractivity contribution in [2.75, 3.05) is 138 Å². The van der Waals surface area contributed by atoms with E-state index in [4.69, 9.17) is 52.1 Å². The molecule has 0 aromatic rings. The highest BCUT2D eigenvalue weighted by Crippen LogP contribution is 2.39. The van der Waals surface area contributed by atoms with Crippen molar-refractivity contribution in [3.63, 3.8) is 0 Å². The fourth-order valence-electron chi connectivity index (χ4n) is 15.5. The summed E-state index contributed by atoms with van der Waals surface area (Å²) in [6.07, 6.45) is -4.35. The Bertz CT molecular complexity index is 3120. The van der Waals surface area contributed by atoms with Gasteiger partial charge in [-0.25, -0.2) is 14.4 Å². The number of carbonyl (C=O) groups is 12. The van der Waals surface area contributed by atoms with Crippen LogP contribution in [0.2, 0.25) is 0 Å². The number of hydrogen-bond donors (Lipinski definition) is 20.